The number of nitrogens with zero attached hydrogens (tertiary/aromatic N) is 2. The fraction of sp³-hybridized carbons (Fsp3) is 0.371. The highest BCUT2D eigenvalue weighted by molar-refractivity contribution is 6.07. The van der Waals surface area contributed by atoms with E-state index in [1.165, 1.54) is 0 Å². The lowest BCUT2D eigenvalue weighted by atomic mass is 10.1. The van der Waals surface area contributed by atoms with Gasteiger partial charge >= 0.3 is 12.2 Å². The van der Waals surface area contributed by atoms with Gasteiger partial charge in [-0.15, -0.1) is 0 Å². The molecule has 1 heterocycles. The highest BCUT2D eigenvalue weighted by Crippen LogP contribution is 2.21. The third kappa shape index (κ3) is 10.3. The van der Waals surface area contributed by atoms with Crippen LogP contribution in [0.5, 0.6) is 0 Å². The van der Waals surface area contributed by atoms with Crippen LogP contribution in [0.1, 0.15) is 67.8 Å². The fourth-order valence-corrected chi connectivity index (χ4v) is 4.60. The molecule has 46 heavy (non-hydrogen) atoms. The van der Waals surface area contributed by atoms with Crippen molar-refractivity contribution < 1.29 is 28.7 Å². The van der Waals surface area contributed by atoms with Crippen LogP contribution < -0.4 is 20.9 Å². The molecule has 3 aromatic rings. The summed E-state index contributed by atoms with van der Waals surface area (Å²) < 4.78 is 10.7. The van der Waals surface area contributed by atoms with Crippen LogP contribution in [0.15, 0.2) is 72.8 Å². The van der Waals surface area contributed by atoms with Crippen LogP contribution in [0, 0.1) is 0 Å². The number of anilines is 3. The normalized spacial score (nSPS) is 13.4. The standard InChI is InChI=1S/C35H43N5O6/c1-34(2,3)45-32(43)36-23-24-7-13-27(14-8-24)37-30(41)25-9-11-26(12-10-25)31(42)38-28-15-17-29(18-16-28)39-19-21-40(22-20-39)33(44)46-35(4,5)6/h7-18H,19-23H2,1-6H3,(H,36,43)(H,37,41)(H,38,42). The number of piperazine rings is 1. The van der Waals surface area contributed by atoms with E-state index in [-0.39, 0.29) is 17.9 Å². The Hall–Kier alpha value is -5.06. The average Bonchev–Trinajstić information content (AvgIpc) is 2.99. The van der Waals surface area contributed by atoms with Gasteiger partial charge in [-0.2, -0.15) is 0 Å². The number of rotatable bonds is 7. The molecule has 11 heteroatoms. The molecule has 0 atom stereocenters. The van der Waals surface area contributed by atoms with Crippen molar-refractivity contribution in [3.8, 4) is 0 Å². The minimum absolute atomic E-state index is 0.290. The number of benzene rings is 3. The van der Waals surface area contributed by atoms with Crippen LogP contribution in [0.3, 0.4) is 0 Å². The second kappa shape index (κ2) is 14.4. The van der Waals surface area contributed by atoms with E-state index in [9.17, 15) is 19.2 Å². The highest BCUT2D eigenvalue weighted by Gasteiger charge is 2.26. The Morgan fingerprint density at radius 2 is 1.09 bits per heavy atom. The zero-order chi connectivity index (χ0) is 33.5. The van der Waals surface area contributed by atoms with Crippen LogP contribution in [0.2, 0.25) is 0 Å². The van der Waals surface area contributed by atoms with Crippen molar-refractivity contribution >= 4 is 41.1 Å². The summed E-state index contributed by atoms with van der Waals surface area (Å²) in [6.45, 7) is 13.8. The molecule has 0 unspecified atom stereocenters. The molecule has 4 rings (SSSR count). The van der Waals surface area contributed by atoms with Crippen molar-refractivity contribution in [2.45, 2.75) is 59.3 Å². The SMILES string of the molecule is CC(C)(C)OC(=O)NCc1ccc(NC(=O)c2ccc(C(=O)Nc3ccc(N4CCN(C(=O)OC(C)(C)C)CC4)cc3)cc2)cc1. The van der Waals surface area contributed by atoms with Crippen molar-refractivity contribution in [1.29, 1.82) is 0 Å². The van der Waals surface area contributed by atoms with Gasteiger partial charge in [-0.05, 0) is 108 Å². The van der Waals surface area contributed by atoms with E-state index in [1.54, 1.807) is 74.2 Å². The molecular weight excluding hydrogens is 586 g/mol. The molecule has 244 valence electrons. The van der Waals surface area contributed by atoms with Gasteiger partial charge in [-0.25, -0.2) is 9.59 Å². The summed E-state index contributed by atoms with van der Waals surface area (Å²) in [5.41, 5.74) is 2.83. The zero-order valence-electron chi connectivity index (χ0n) is 27.3. The maximum atomic E-state index is 12.9. The molecule has 3 N–H and O–H groups in total. The maximum Gasteiger partial charge on any atom is 0.410 e. The first-order chi connectivity index (χ1) is 21.6. The molecule has 1 saturated heterocycles. The number of carbonyl (C=O) groups excluding carboxylic acids is 4. The number of carbonyl (C=O) groups is 4. The highest BCUT2D eigenvalue weighted by atomic mass is 16.6. The Kier molecular flexibility index (Phi) is 10.6. The number of alkyl carbamates (subject to hydrolysis) is 1. The summed E-state index contributed by atoms with van der Waals surface area (Å²) >= 11 is 0. The first-order valence-electron chi connectivity index (χ1n) is 15.3. The van der Waals surface area contributed by atoms with Crippen molar-refractivity contribution in [2.24, 2.45) is 0 Å². The van der Waals surface area contributed by atoms with E-state index < -0.39 is 17.3 Å². The van der Waals surface area contributed by atoms with Crippen molar-refractivity contribution in [3.63, 3.8) is 0 Å². The lowest BCUT2D eigenvalue weighted by Gasteiger charge is -2.36. The van der Waals surface area contributed by atoms with Crippen molar-refractivity contribution in [1.82, 2.24) is 10.2 Å². The van der Waals surface area contributed by atoms with Crippen LogP contribution >= 0.6 is 0 Å². The Morgan fingerprint density at radius 1 is 0.630 bits per heavy atom. The summed E-state index contributed by atoms with van der Waals surface area (Å²) in [6.07, 6.45) is -0.792. The van der Waals surface area contributed by atoms with E-state index in [1.807, 2.05) is 45.0 Å². The Balaban J connectivity index is 1.23. The molecule has 0 radical (unpaired) electrons. The van der Waals surface area contributed by atoms with Gasteiger partial charge in [0.1, 0.15) is 11.2 Å². The topological polar surface area (TPSA) is 129 Å². The summed E-state index contributed by atoms with van der Waals surface area (Å²) in [6, 6.07) is 21.1. The lowest BCUT2D eigenvalue weighted by Crippen LogP contribution is -2.50. The molecule has 1 aliphatic heterocycles. The van der Waals surface area contributed by atoms with Crippen molar-refractivity contribution in [2.75, 3.05) is 41.7 Å². The van der Waals surface area contributed by atoms with Gasteiger partial charge in [0.05, 0.1) is 0 Å². The first-order valence-corrected chi connectivity index (χ1v) is 15.3. The van der Waals surface area contributed by atoms with E-state index in [0.29, 0.717) is 55.2 Å². The van der Waals surface area contributed by atoms with E-state index in [2.05, 4.69) is 20.9 Å². The average molecular weight is 630 g/mol. The van der Waals surface area contributed by atoms with Crippen molar-refractivity contribution in [3.05, 3.63) is 89.5 Å². The predicted octanol–water partition coefficient (Wildman–Crippen LogP) is 6.27. The largest absolute Gasteiger partial charge is 0.444 e. The molecule has 1 fully saturated rings. The van der Waals surface area contributed by atoms with Crippen LogP contribution in [-0.4, -0.2) is 66.3 Å². The lowest BCUT2D eigenvalue weighted by molar-refractivity contribution is 0.0240. The van der Waals surface area contributed by atoms with Gasteiger partial charge in [0.2, 0.25) is 0 Å². The molecule has 4 amide bonds. The predicted molar refractivity (Wildman–Crippen MR) is 178 cm³/mol. The van der Waals surface area contributed by atoms with Gasteiger partial charge in [0.25, 0.3) is 11.8 Å². The number of nitrogens with one attached hydrogen (secondary N) is 3. The van der Waals surface area contributed by atoms with Gasteiger partial charge in [-0.3, -0.25) is 9.59 Å². The zero-order valence-corrected chi connectivity index (χ0v) is 27.3. The number of hydrogen-bond acceptors (Lipinski definition) is 7. The maximum absolute atomic E-state index is 12.9. The third-order valence-corrected chi connectivity index (χ3v) is 6.88. The third-order valence-electron chi connectivity index (χ3n) is 6.88. The Bertz CT molecular complexity index is 1520. The van der Waals surface area contributed by atoms with Gasteiger partial charge < -0.3 is 35.2 Å². The molecule has 0 spiro atoms. The second-order valence-electron chi connectivity index (χ2n) is 13.0. The summed E-state index contributed by atoms with van der Waals surface area (Å²) in [5.74, 6) is -0.602. The van der Waals surface area contributed by atoms with Gasteiger partial charge in [0, 0.05) is 60.9 Å². The summed E-state index contributed by atoms with van der Waals surface area (Å²) in [4.78, 5) is 53.7. The molecule has 0 aliphatic carbocycles. The smallest absolute Gasteiger partial charge is 0.410 e. The van der Waals surface area contributed by atoms with E-state index in [4.69, 9.17) is 9.47 Å². The Morgan fingerprint density at radius 3 is 1.54 bits per heavy atom. The molecule has 3 aromatic carbocycles. The quantitative estimate of drug-likeness (QED) is 0.281. The Labute approximate surface area is 270 Å². The van der Waals surface area contributed by atoms with Crippen LogP contribution in [-0.2, 0) is 16.0 Å². The second-order valence-corrected chi connectivity index (χ2v) is 13.0. The first kappa shape index (κ1) is 33.8. The molecule has 1 aliphatic rings. The molecule has 0 aromatic heterocycles. The van der Waals surface area contributed by atoms with Crippen LogP contribution in [0.25, 0.3) is 0 Å². The fourth-order valence-electron chi connectivity index (χ4n) is 4.60. The minimum Gasteiger partial charge on any atom is -0.444 e. The number of ether oxygens (including phenoxy) is 2. The summed E-state index contributed by atoms with van der Waals surface area (Å²) in [7, 11) is 0. The van der Waals surface area contributed by atoms with Gasteiger partial charge in [0.15, 0.2) is 0 Å². The van der Waals surface area contributed by atoms with Crippen LogP contribution in [0.4, 0.5) is 26.7 Å². The molecule has 0 bridgehead atoms. The molecule has 0 saturated carbocycles. The summed E-state index contributed by atoms with van der Waals surface area (Å²) in [5, 5.41) is 8.43. The monoisotopic (exact) mass is 629 g/mol. The molecular formula is C35H43N5O6. The van der Waals surface area contributed by atoms with E-state index in [0.717, 1.165) is 11.3 Å². The number of hydrogen-bond donors (Lipinski definition) is 3. The van der Waals surface area contributed by atoms with E-state index >= 15 is 0 Å². The minimum atomic E-state index is -0.572. The number of amides is 4. The molecule has 11 nitrogen and oxygen atoms in total. The van der Waals surface area contributed by atoms with Gasteiger partial charge in [-0.1, -0.05) is 12.1 Å².